The van der Waals surface area contributed by atoms with Crippen LogP contribution in [0.15, 0.2) is 29.2 Å². The van der Waals surface area contributed by atoms with Gasteiger partial charge < -0.3 is 0 Å². The summed E-state index contributed by atoms with van der Waals surface area (Å²) < 4.78 is 26.5. The molecule has 20 heavy (non-hydrogen) atoms. The lowest BCUT2D eigenvalue weighted by molar-refractivity contribution is -0.121. The van der Waals surface area contributed by atoms with Gasteiger partial charge in [0.1, 0.15) is 5.78 Å². The number of piperidine rings is 1. The van der Waals surface area contributed by atoms with Crippen molar-refractivity contribution in [2.45, 2.75) is 37.1 Å². The molecule has 1 fully saturated rings. The van der Waals surface area contributed by atoms with E-state index in [1.807, 2.05) is 6.07 Å². The van der Waals surface area contributed by atoms with Crippen molar-refractivity contribution in [1.29, 1.82) is 5.26 Å². The smallest absolute Gasteiger partial charge is 0.243 e. The number of sulfonamides is 1. The highest BCUT2D eigenvalue weighted by atomic mass is 32.2. The summed E-state index contributed by atoms with van der Waals surface area (Å²) in [5.74, 6) is -0.135. The summed E-state index contributed by atoms with van der Waals surface area (Å²) in [5.41, 5.74) is 0.294. The van der Waals surface area contributed by atoms with Gasteiger partial charge in [-0.15, -0.1) is 0 Å². The van der Waals surface area contributed by atoms with Crippen molar-refractivity contribution in [1.82, 2.24) is 4.31 Å². The molecule has 0 amide bonds. The van der Waals surface area contributed by atoms with E-state index in [2.05, 4.69) is 0 Å². The van der Waals surface area contributed by atoms with Gasteiger partial charge in [-0.05, 0) is 38.0 Å². The number of carbonyl (C=O) groups is 1. The Kier molecular flexibility index (Phi) is 4.21. The topological polar surface area (TPSA) is 78.2 Å². The van der Waals surface area contributed by atoms with Crippen molar-refractivity contribution in [2.75, 3.05) is 6.54 Å². The predicted molar refractivity (Wildman–Crippen MR) is 73.4 cm³/mol. The number of benzene rings is 1. The number of ketones is 1. The van der Waals surface area contributed by atoms with Gasteiger partial charge in [0.2, 0.25) is 10.0 Å². The molecule has 1 unspecified atom stereocenters. The van der Waals surface area contributed by atoms with Gasteiger partial charge in [0.15, 0.2) is 0 Å². The number of nitrogens with zero attached hydrogens (tertiary/aromatic N) is 2. The minimum absolute atomic E-state index is 0.0738. The molecular formula is C14H16N2O3S. The molecule has 0 spiro atoms. The van der Waals surface area contributed by atoms with Crippen LogP contribution in [0.5, 0.6) is 0 Å². The maximum absolute atomic E-state index is 12.6. The first-order valence-electron chi connectivity index (χ1n) is 6.49. The van der Waals surface area contributed by atoms with Crippen molar-refractivity contribution in [3.8, 4) is 6.07 Å². The molecule has 2 rings (SSSR count). The summed E-state index contributed by atoms with van der Waals surface area (Å²) in [6, 6.07) is 7.24. The lowest BCUT2D eigenvalue weighted by Crippen LogP contribution is -2.47. The molecule has 0 N–H and O–H groups in total. The van der Waals surface area contributed by atoms with Gasteiger partial charge in [0.25, 0.3) is 0 Å². The Morgan fingerprint density at radius 2 is 2.15 bits per heavy atom. The molecular weight excluding hydrogens is 276 g/mol. The Labute approximate surface area is 118 Å². The highest BCUT2D eigenvalue weighted by Gasteiger charge is 2.35. The zero-order valence-corrected chi connectivity index (χ0v) is 12.1. The Morgan fingerprint density at radius 3 is 2.80 bits per heavy atom. The summed E-state index contributed by atoms with van der Waals surface area (Å²) in [4.78, 5) is 11.7. The minimum atomic E-state index is -3.73. The molecule has 0 saturated carbocycles. The van der Waals surface area contributed by atoms with Crippen molar-refractivity contribution < 1.29 is 13.2 Å². The summed E-state index contributed by atoms with van der Waals surface area (Å²) in [6.45, 7) is 1.77. The third-order valence-electron chi connectivity index (χ3n) is 3.49. The van der Waals surface area contributed by atoms with Crippen LogP contribution in [-0.2, 0) is 14.8 Å². The first-order chi connectivity index (χ1) is 9.46. The molecule has 1 aliphatic rings. The van der Waals surface area contributed by atoms with E-state index in [4.69, 9.17) is 5.26 Å². The zero-order chi connectivity index (χ0) is 14.8. The van der Waals surface area contributed by atoms with Crippen LogP contribution in [0.3, 0.4) is 0 Å². The van der Waals surface area contributed by atoms with E-state index < -0.39 is 16.1 Å². The Hall–Kier alpha value is -1.71. The largest absolute Gasteiger partial charge is 0.298 e. The standard InChI is InChI=1S/C14H16N2O3S/c1-11(17)14-7-2-3-8-16(14)20(18,19)13-6-4-5-12(9-13)10-15/h4-6,9,14H,2-3,7-8H2,1H3. The first-order valence-corrected chi connectivity index (χ1v) is 7.93. The summed E-state index contributed by atoms with van der Waals surface area (Å²) >= 11 is 0. The fraction of sp³-hybridized carbons (Fsp3) is 0.429. The fourth-order valence-corrected chi connectivity index (χ4v) is 4.22. The highest BCUT2D eigenvalue weighted by molar-refractivity contribution is 7.89. The molecule has 6 heteroatoms. The van der Waals surface area contributed by atoms with Crippen LogP contribution >= 0.6 is 0 Å². The molecule has 5 nitrogen and oxygen atoms in total. The van der Waals surface area contributed by atoms with Crippen LogP contribution in [0, 0.1) is 11.3 Å². The molecule has 1 aliphatic heterocycles. The van der Waals surface area contributed by atoms with Crippen LogP contribution < -0.4 is 0 Å². The maximum Gasteiger partial charge on any atom is 0.243 e. The van der Waals surface area contributed by atoms with Gasteiger partial charge in [0.05, 0.1) is 22.6 Å². The predicted octanol–water partition coefficient (Wildman–Crippen LogP) is 1.69. The third-order valence-corrected chi connectivity index (χ3v) is 5.40. The van der Waals surface area contributed by atoms with E-state index in [1.54, 1.807) is 6.07 Å². The van der Waals surface area contributed by atoms with Gasteiger partial charge in [-0.3, -0.25) is 4.79 Å². The van der Waals surface area contributed by atoms with Crippen molar-refractivity contribution >= 4 is 15.8 Å². The second-order valence-corrected chi connectivity index (χ2v) is 6.77. The average molecular weight is 292 g/mol. The summed E-state index contributed by atoms with van der Waals surface area (Å²) in [6.07, 6.45) is 2.17. The van der Waals surface area contributed by atoms with Crippen LogP contribution in [0.2, 0.25) is 0 Å². The third kappa shape index (κ3) is 2.74. The van der Waals surface area contributed by atoms with Crippen molar-refractivity contribution in [3.63, 3.8) is 0 Å². The average Bonchev–Trinajstić information content (AvgIpc) is 2.47. The molecule has 1 saturated heterocycles. The zero-order valence-electron chi connectivity index (χ0n) is 11.2. The van der Waals surface area contributed by atoms with E-state index in [0.717, 1.165) is 12.8 Å². The van der Waals surface area contributed by atoms with E-state index in [9.17, 15) is 13.2 Å². The normalized spacial score (nSPS) is 20.3. The lowest BCUT2D eigenvalue weighted by atomic mass is 10.0. The Balaban J connectivity index is 2.42. The lowest BCUT2D eigenvalue weighted by Gasteiger charge is -2.33. The summed E-state index contributed by atoms with van der Waals surface area (Å²) in [7, 11) is -3.73. The molecule has 0 bridgehead atoms. The molecule has 1 atom stereocenters. The molecule has 0 aliphatic carbocycles. The minimum Gasteiger partial charge on any atom is -0.298 e. The van der Waals surface area contributed by atoms with Crippen LogP contribution in [0.4, 0.5) is 0 Å². The molecule has 1 heterocycles. The van der Waals surface area contributed by atoms with Crippen molar-refractivity contribution in [2.24, 2.45) is 0 Å². The van der Waals surface area contributed by atoms with Gasteiger partial charge in [-0.1, -0.05) is 12.5 Å². The van der Waals surface area contributed by atoms with Gasteiger partial charge in [-0.2, -0.15) is 9.57 Å². The monoisotopic (exact) mass is 292 g/mol. The number of rotatable bonds is 3. The number of Topliss-reactive ketones (excluding diaryl/α,β-unsaturated/α-hetero) is 1. The number of hydrogen-bond donors (Lipinski definition) is 0. The molecule has 0 radical (unpaired) electrons. The highest BCUT2D eigenvalue weighted by Crippen LogP contribution is 2.26. The van der Waals surface area contributed by atoms with Crippen LogP contribution in [0.1, 0.15) is 31.7 Å². The van der Waals surface area contributed by atoms with Crippen LogP contribution in [0.25, 0.3) is 0 Å². The second-order valence-electron chi connectivity index (χ2n) is 4.88. The van der Waals surface area contributed by atoms with Crippen molar-refractivity contribution in [3.05, 3.63) is 29.8 Å². The van der Waals surface area contributed by atoms with E-state index in [-0.39, 0.29) is 10.7 Å². The van der Waals surface area contributed by atoms with E-state index in [0.29, 0.717) is 18.5 Å². The number of hydrogen-bond acceptors (Lipinski definition) is 4. The van der Waals surface area contributed by atoms with Gasteiger partial charge >= 0.3 is 0 Å². The molecule has 106 valence electrons. The number of carbonyl (C=O) groups excluding carboxylic acids is 1. The second kappa shape index (κ2) is 5.73. The number of nitriles is 1. The Morgan fingerprint density at radius 1 is 1.40 bits per heavy atom. The SMILES string of the molecule is CC(=O)C1CCCCN1S(=O)(=O)c1cccc(C#N)c1. The quantitative estimate of drug-likeness (QED) is 0.849. The summed E-state index contributed by atoms with van der Waals surface area (Å²) in [5, 5.41) is 8.87. The van der Waals surface area contributed by atoms with Gasteiger partial charge in [-0.25, -0.2) is 8.42 Å². The van der Waals surface area contributed by atoms with E-state index in [1.165, 1.54) is 29.4 Å². The van der Waals surface area contributed by atoms with Crippen LogP contribution in [-0.4, -0.2) is 31.1 Å². The molecule has 1 aromatic carbocycles. The van der Waals surface area contributed by atoms with E-state index >= 15 is 0 Å². The first kappa shape index (κ1) is 14.7. The fourth-order valence-electron chi connectivity index (χ4n) is 2.46. The van der Waals surface area contributed by atoms with Gasteiger partial charge in [0, 0.05) is 6.54 Å². The molecule has 1 aromatic rings. The molecule has 0 aromatic heterocycles. The Bertz CT molecular complexity index is 661. The maximum atomic E-state index is 12.6.